The zero-order valence-electron chi connectivity index (χ0n) is 25.0. The maximum absolute atomic E-state index is 6.46. The minimum absolute atomic E-state index is 0.754. The highest BCUT2D eigenvalue weighted by molar-refractivity contribution is 6.09. The van der Waals surface area contributed by atoms with E-state index in [-0.39, 0.29) is 0 Å². The maximum atomic E-state index is 6.46. The van der Waals surface area contributed by atoms with Gasteiger partial charge in [0.25, 0.3) is 0 Å². The molecule has 7 rings (SSSR count). The van der Waals surface area contributed by atoms with Gasteiger partial charge in [-0.2, -0.15) is 5.10 Å². The Morgan fingerprint density at radius 1 is 0.698 bits per heavy atom. The van der Waals surface area contributed by atoms with Crippen LogP contribution in [0.15, 0.2) is 110 Å². The van der Waals surface area contributed by atoms with Crippen LogP contribution in [-0.2, 0) is 12.8 Å². The average Bonchev–Trinajstić information content (AvgIpc) is 3.64. The minimum atomic E-state index is 0.754. The summed E-state index contributed by atoms with van der Waals surface area (Å²) in [6.45, 7) is 8.71. The van der Waals surface area contributed by atoms with Gasteiger partial charge in [0.05, 0.1) is 22.9 Å². The highest BCUT2D eigenvalue weighted by Gasteiger charge is 2.15. The van der Waals surface area contributed by atoms with Gasteiger partial charge in [-0.1, -0.05) is 55.8 Å². The molecule has 0 aliphatic heterocycles. The lowest BCUT2D eigenvalue weighted by atomic mass is 9.91. The number of rotatable bonds is 7. The van der Waals surface area contributed by atoms with Crippen LogP contribution in [0.5, 0.6) is 11.5 Å². The van der Waals surface area contributed by atoms with Gasteiger partial charge in [-0.05, 0) is 91.4 Å². The molecule has 0 saturated carbocycles. The first kappa shape index (κ1) is 26.7. The van der Waals surface area contributed by atoms with E-state index in [4.69, 9.17) is 14.8 Å². The molecule has 0 aliphatic carbocycles. The summed E-state index contributed by atoms with van der Waals surface area (Å²) in [5.41, 5.74) is 10.8. The Hall–Kier alpha value is -5.16. The van der Waals surface area contributed by atoms with E-state index in [1.165, 1.54) is 33.2 Å². The number of pyridine rings is 1. The van der Waals surface area contributed by atoms with Crippen LogP contribution in [0.3, 0.4) is 0 Å². The summed E-state index contributed by atoms with van der Waals surface area (Å²) in [5, 5.41) is 7.11. The average molecular weight is 563 g/mol. The van der Waals surface area contributed by atoms with Gasteiger partial charge in [0.2, 0.25) is 0 Å². The molecule has 43 heavy (non-hydrogen) atoms. The quantitative estimate of drug-likeness (QED) is 0.194. The summed E-state index contributed by atoms with van der Waals surface area (Å²) in [7, 11) is 0. The third-order valence-electron chi connectivity index (χ3n) is 8.17. The standard InChI is InChI=1S/C38H34N4O/c1-5-27-18-26(4)19-28(6-2)38(27)29-23-40-41(24-29)30-10-9-11-31(21-30)43-32-14-15-34-33-12-7-8-13-35(33)42(36(34)22-32)37-20-25(3)16-17-39-37/h7-24H,5-6H2,1-4H3. The molecule has 0 atom stereocenters. The molecule has 3 aromatic heterocycles. The summed E-state index contributed by atoms with van der Waals surface area (Å²) in [4.78, 5) is 4.70. The van der Waals surface area contributed by atoms with Crippen LogP contribution in [-0.4, -0.2) is 19.3 Å². The van der Waals surface area contributed by atoms with Gasteiger partial charge in [-0.25, -0.2) is 9.67 Å². The molecule has 7 aromatic rings. The van der Waals surface area contributed by atoms with Crippen LogP contribution >= 0.6 is 0 Å². The number of ether oxygens (including phenoxy) is 1. The van der Waals surface area contributed by atoms with E-state index in [2.05, 4.69) is 99.1 Å². The van der Waals surface area contributed by atoms with Crippen LogP contribution < -0.4 is 4.74 Å². The molecule has 3 heterocycles. The lowest BCUT2D eigenvalue weighted by Gasteiger charge is -2.13. The van der Waals surface area contributed by atoms with Gasteiger partial charge in [0.1, 0.15) is 17.3 Å². The normalized spacial score (nSPS) is 11.4. The smallest absolute Gasteiger partial charge is 0.137 e. The van der Waals surface area contributed by atoms with Crippen molar-refractivity contribution in [2.45, 2.75) is 40.5 Å². The zero-order chi connectivity index (χ0) is 29.5. The Balaban J connectivity index is 1.25. The summed E-state index contributed by atoms with van der Waals surface area (Å²) in [6.07, 6.45) is 7.94. The van der Waals surface area contributed by atoms with Crippen LogP contribution in [0.25, 0.3) is 44.4 Å². The van der Waals surface area contributed by atoms with Crippen molar-refractivity contribution in [1.82, 2.24) is 19.3 Å². The Labute approximate surface area is 252 Å². The number of fused-ring (bicyclic) bond motifs is 3. The molecule has 212 valence electrons. The Morgan fingerprint density at radius 3 is 2.26 bits per heavy atom. The largest absolute Gasteiger partial charge is 0.457 e. The van der Waals surface area contributed by atoms with Crippen molar-refractivity contribution in [2.24, 2.45) is 0 Å². The van der Waals surface area contributed by atoms with Crippen molar-refractivity contribution in [2.75, 3.05) is 0 Å². The summed E-state index contributed by atoms with van der Waals surface area (Å²) in [5.74, 6) is 2.41. The number of benzene rings is 4. The summed E-state index contributed by atoms with van der Waals surface area (Å²) < 4.78 is 10.6. The fourth-order valence-electron chi connectivity index (χ4n) is 6.19. The molecule has 0 radical (unpaired) electrons. The van der Waals surface area contributed by atoms with Crippen molar-refractivity contribution < 1.29 is 4.74 Å². The van der Waals surface area contributed by atoms with Crippen molar-refractivity contribution >= 4 is 21.8 Å². The van der Waals surface area contributed by atoms with E-state index in [0.717, 1.165) is 57.8 Å². The van der Waals surface area contributed by atoms with Crippen molar-refractivity contribution in [3.8, 4) is 34.1 Å². The molecule has 4 aromatic carbocycles. The molecule has 5 heteroatoms. The Morgan fingerprint density at radius 2 is 1.47 bits per heavy atom. The zero-order valence-corrected chi connectivity index (χ0v) is 25.0. The van der Waals surface area contributed by atoms with Gasteiger partial charge in [-0.3, -0.25) is 4.57 Å². The second kappa shape index (κ2) is 10.9. The topological polar surface area (TPSA) is 44.9 Å². The molecular formula is C38H34N4O. The SMILES string of the molecule is CCc1cc(C)cc(CC)c1-c1cnn(-c2cccc(Oc3ccc4c5ccccc5n(-c5cc(C)ccn5)c4c3)c2)c1. The first-order chi connectivity index (χ1) is 21.0. The van der Waals surface area contributed by atoms with E-state index in [1.54, 1.807) is 0 Å². The first-order valence-corrected chi connectivity index (χ1v) is 14.9. The molecule has 0 unspecified atom stereocenters. The molecule has 0 saturated heterocycles. The first-order valence-electron chi connectivity index (χ1n) is 14.9. The Bertz CT molecular complexity index is 2090. The number of nitrogens with zero attached hydrogens (tertiary/aromatic N) is 4. The van der Waals surface area contributed by atoms with Crippen molar-refractivity contribution in [3.05, 3.63) is 132 Å². The van der Waals surface area contributed by atoms with Crippen molar-refractivity contribution in [3.63, 3.8) is 0 Å². The molecule has 0 aliphatic rings. The predicted octanol–water partition coefficient (Wildman–Crippen LogP) is 9.57. The second-order valence-electron chi connectivity index (χ2n) is 11.2. The lowest BCUT2D eigenvalue weighted by molar-refractivity contribution is 0.483. The van der Waals surface area contributed by atoms with E-state index in [9.17, 15) is 0 Å². The van der Waals surface area contributed by atoms with Crippen LogP contribution in [0, 0.1) is 13.8 Å². The summed E-state index contributed by atoms with van der Waals surface area (Å²) >= 11 is 0. The molecule has 0 bridgehead atoms. The fraction of sp³-hybridized carbons (Fsp3) is 0.158. The fourth-order valence-corrected chi connectivity index (χ4v) is 6.19. The van der Waals surface area contributed by atoms with E-state index in [1.807, 2.05) is 47.4 Å². The number of hydrogen-bond donors (Lipinski definition) is 0. The van der Waals surface area contributed by atoms with Crippen molar-refractivity contribution in [1.29, 1.82) is 0 Å². The van der Waals surface area contributed by atoms with Gasteiger partial charge in [0.15, 0.2) is 0 Å². The highest BCUT2D eigenvalue weighted by Crippen LogP contribution is 2.36. The summed E-state index contributed by atoms with van der Waals surface area (Å²) in [6, 6.07) is 31.6. The van der Waals surface area contributed by atoms with Gasteiger partial charge in [-0.15, -0.1) is 0 Å². The number of hydrogen-bond acceptors (Lipinski definition) is 3. The number of para-hydroxylation sites is 1. The Kier molecular flexibility index (Phi) is 6.78. The van der Waals surface area contributed by atoms with E-state index in [0.29, 0.717) is 0 Å². The predicted molar refractivity (Wildman–Crippen MR) is 176 cm³/mol. The molecular weight excluding hydrogens is 528 g/mol. The van der Waals surface area contributed by atoms with E-state index >= 15 is 0 Å². The monoisotopic (exact) mass is 562 g/mol. The molecule has 0 amide bonds. The van der Waals surface area contributed by atoms with Crippen LogP contribution in [0.2, 0.25) is 0 Å². The third kappa shape index (κ3) is 4.87. The molecule has 5 nitrogen and oxygen atoms in total. The molecule has 0 fully saturated rings. The number of aryl methyl sites for hydroxylation is 4. The van der Waals surface area contributed by atoms with Gasteiger partial charge >= 0.3 is 0 Å². The highest BCUT2D eigenvalue weighted by atomic mass is 16.5. The molecule has 0 N–H and O–H groups in total. The van der Waals surface area contributed by atoms with Crippen LogP contribution in [0.1, 0.15) is 36.1 Å². The number of aromatic nitrogens is 4. The third-order valence-corrected chi connectivity index (χ3v) is 8.17. The van der Waals surface area contributed by atoms with Gasteiger partial charge < -0.3 is 4.74 Å². The van der Waals surface area contributed by atoms with Gasteiger partial charge in [0, 0.05) is 40.9 Å². The van der Waals surface area contributed by atoms with E-state index < -0.39 is 0 Å². The molecule has 0 spiro atoms. The lowest BCUT2D eigenvalue weighted by Crippen LogP contribution is -1.98. The minimum Gasteiger partial charge on any atom is -0.457 e. The van der Waals surface area contributed by atoms with Crippen LogP contribution in [0.4, 0.5) is 0 Å². The second-order valence-corrected chi connectivity index (χ2v) is 11.2. The maximum Gasteiger partial charge on any atom is 0.137 e.